The van der Waals surface area contributed by atoms with E-state index < -0.39 is 13.0 Å². The van der Waals surface area contributed by atoms with Crippen molar-refractivity contribution in [1.82, 2.24) is 0 Å². The Kier molecular flexibility index (Phi) is 3.83. The van der Waals surface area contributed by atoms with E-state index in [1.165, 1.54) is 0 Å². The van der Waals surface area contributed by atoms with E-state index in [4.69, 9.17) is 10.5 Å². The van der Waals surface area contributed by atoms with Gasteiger partial charge >= 0.3 is 0 Å². The molecule has 0 bridgehead atoms. The molecule has 0 fully saturated rings. The van der Waals surface area contributed by atoms with E-state index in [2.05, 4.69) is 0 Å². The van der Waals surface area contributed by atoms with Gasteiger partial charge in [0, 0.05) is 11.6 Å². The molecule has 0 aliphatic rings. The molecule has 0 aliphatic carbocycles. The van der Waals surface area contributed by atoms with Crippen LogP contribution in [-0.2, 0) is 0 Å². The highest BCUT2D eigenvalue weighted by Gasteiger charge is 2.09. The molecule has 1 rings (SSSR count). The van der Waals surface area contributed by atoms with E-state index in [9.17, 15) is 8.78 Å². The molecule has 0 saturated carbocycles. The second-order valence-electron chi connectivity index (χ2n) is 3.03. The summed E-state index contributed by atoms with van der Waals surface area (Å²) in [6, 6.07) is 6.72. The van der Waals surface area contributed by atoms with Crippen LogP contribution in [0.4, 0.5) is 8.78 Å². The zero-order valence-electron chi connectivity index (χ0n) is 7.91. The zero-order chi connectivity index (χ0) is 10.6. The Hall–Kier alpha value is -1.16. The summed E-state index contributed by atoms with van der Waals surface area (Å²) in [5.41, 5.74) is 6.40. The Balaban J connectivity index is 2.74. The van der Waals surface area contributed by atoms with Crippen molar-refractivity contribution < 1.29 is 13.5 Å². The third-order valence-corrected chi connectivity index (χ3v) is 1.77. The first-order valence-corrected chi connectivity index (χ1v) is 4.36. The SMILES string of the molecule is C[C@H](N)c1ccccc1OCC(F)F. The lowest BCUT2D eigenvalue weighted by atomic mass is 10.1. The lowest BCUT2D eigenvalue weighted by molar-refractivity contribution is 0.0812. The molecule has 0 radical (unpaired) electrons. The van der Waals surface area contributed by atoms with Gasteiger partial charge in [-0.2, -0.15) is 0 Å². The van der Waals surface area contributed by atoms with Gasteiger partial charge < -0.3 is 10.5 Å². The van der Waals surface area contributed by atoms with Crippen LogP contribution in [0.25, 0.3) is 0 Å². The van der Waals surface area contributed by atoms with Crippen LogP contribution >= 0.6 is 0 Å². The summed E-state index contributed by atoms with van der Waals surface area (Å²) in [5, 5.41) is 0. The normalized spacial score (nSPS) is 12.9. The Morgan fingerprint density at radius 2 is 2.00 bits per heavy atom. The number of hydrogen-bond donors (Lipinski definition) is 1. The number of nitrogens with two attached hydrogens (primary N) is 1. The summed E-state index contributed by atoms with van der Waals surface area (Å²) in [6.45, 7) is 1.19. The molecule has 14 heavy (non-hydrogen) atoms. The lowest BCUT2D eigenvalue weighted by Gasteiger charge is -2.13. The molecule has 1 aromatic carbocycles. The van der Waals surface area contributed by atoms with Crippen molar-refractivity contribution in [3.05, 3.63) is 29.8 Å². The van der Waals surface area contributed by atoms with Crippen LogP contribution in [0.3, 0.4) is 0 Å². The molecule has 0 spiro atoms. The molecule has 0 amide bonds. The zero-order valence-corrected chi connectivity index (χ0v) is 7.91. The van der Waals surface area contributed by atoms with Gasteiger partial charge in [-0.1, -0.05) is 18.2 Å². The van der Waals surface area contributed by atoms with Gasteiger partial charge in [0.1, 0.15) is 12.4 Å². The quantitative estimate of drug-likeness (QED) is 0.811. The maximum Gasteiger partial charge on any atom is 0.272 e. The van der Waals surface area contributed by atoms with E-state index in [0.717, 1.165) is 5.56 Å². The number of rotatable bonds is 4. The minimum atomic E-state index is -2.46. The minimum Gasteiger partial charge on any atom is -0.487 e. The second kappa shape index (κ2) is 4.91. The monoisotopic (exact) mass is 201 g/mol. The number of halogens is 2. The molecule has 1 aromatic rings. The maximum atomic E-state index is 11.9. The standard InChI is InChI=1S/C10H13F2NO/c1-7(13)8-4-2-3-5-9(8)14-6-10(11)12/h2-5,7,10H,6,13H2,1H3/t7-/m0/s1. The van der Waals surface area contributed by atoms with Gasteiger partial charge in [-0.05, 0) is 13.0 Å². The van der Waals surface area contributed by atoms with Gasteiger partial charge in [-0.25, -0.2) is 8.78 Å². The fraction of sp³-hybridized carbons (Fsp3) is 0.400. The highest BCUT2D eigenvalue weighted by Crippen LogP contribution is 2.23. The number of para-hydroxylation sites is 1. The Labute approximate surface area is 81.7 Å². The first-order valence-electron chi connectivity index (χ1n) is 4.36. The van der Waals surface area contributed by atoms with Crippen molar-refractivity contribution >= 4 is 0 Å². The van der Waals surface area contributed by atoms with E-state index in [0.29, 0.717) is 5.75 Å². The number of benzene rings is 1. The molecule has 2 nitrogen and oxygen atoms in total. The third-order valence-electron chi connectivity index (χ3n) is 1.77. The molecule has 0 heterocycles. The first-order chi connectivity index (χ1) is 6.61. The van der Waals surface area contributed by atoms with Crippen molar-refractivity contribution in [2.75, 3.05) is 6.61 Å². The van der Waals surface area contributed by atoms with Gasteiger partial charge in [0.05, 0.1) is 0 Å². The minimum absolute atomic E-state index is 0.219. The highest BCUT2D eigenvalue weighted by molar-refractivity contribution is 5.35. The van der Waals surface area contributed by atoms with Crippen LogP contribution in [0.5, 0.6) is 5.75 Å². The van der Waals surface area contributed by atoms with E-state index in [-0.39, 0.29) is 6.04 Å². The van der Waals surface area contributed by atoms with Crippen LogP contribution in [-0.4, -0.2) is 13.0 Å². The topological polar surface area (TPSA) is 35.2 Å². The van der Waals surface area contributed by atoms with Gasteiger partial charge in [0.2, 0.25) is 0 Å². The van der Waals surface area contributed by atoms with E-state index >= 15 is 0 Å². The molecule has 0 saturated heterocycles. The van der Waals surface area contributed by atoms with Gasteiger partial charge in [-0.3, -0.25) is 0 Å². The molecule has 0 unspecified atom stereocenters. The van der Waals surface area contributed by atoms with Crippen molar-refractivity contribution in [2.45, 2.75) is 19.4 Å². The Morgan fingerprint density at radius 3 is 2.57 bits per heavy atom. The van der Waals surface area contributed by atoms with Crippen LogP contribution in [0.1, 0.15) is 18.5 Å². The summed E-state index contributed by atoms with van der Waals surface area (Å²) in [4.78, 5) is 0. The molecular formula is C10H13F2NO. The van der Waals surface area contributed by atoms with Crippen LogP contribution in [0, 0.1) is 0 Å². The summed E-state index contributed by atoms with van der Waals surface area (Å²) in [7, 11) is 0. The van der Waals surface area contributed by atoms with Crippen LogP contribution in [0.15, 0.2) is 24.3 Å². The van der Waals surface area contributed by atoms with E-state index in [1.807, 2.05) is 0 Å². The van der Waals surface area contributed by atoms with Gasteiger partial charge in [0.15, 0.2) is 0 Å². The lowest BCUT2D eigenvalue weighted by Crippen LogP contribution is -2.11. The molecule has 2 N–H and O–H groups in total. The molecular weight excluding hydrogens is 188 g/mol. The Morgan fingerprint density at radius 1 is 1.36 bits per heavy atom. The van der Waals surface area contributed by atoms with Crippen molar-refractivity contribution in [2.24, 2.45) is 5.73 Å². The highest BCUT2D eigenvalue weighted by atomic mass is 19.3. The summed E-state index contributed by atoms with van der Waals surface area (Å²) in [5.74, 6) is 0.433. The smallest absolute Gasteiger partial charge is 0.272 e. The molecule has 1 atom stereocenters. The van der Waals surface area contributed by atoms with Crippen LogP contribution in [0.2, 0.25) is 0 Å². The fourth-order valence-electron chi connectivity index (χ4n) is 1.14. The molecule has 0 aromatic heterocycles. The third kappa shape index (κ3) is 2.96. The summed E-state index contributed by atoms with van der Waals surface area (Å²) in [6.07, 6.45) is -2.46. The van der Waals surface area contributed by atoms with Crippen molar-refractivity contribution in [1.29, 1.82) is 0 Å². The average Bonchev–Trinajstić information content (AvgIpc) is 2.15. The van der Waals surface area contributed by atoms with Gasteiger partial charge in [0.25, 0.3) is 6.43 Å². The maximum absolute atomic E-state index is 11.9. The fourth-order valence-corrected chi connectivity index (χ4v) is 1.14. The summed E-state index contributed by atoms with van der Waals surface area (Å²) >= 11 is 0. The van der Waals surface area contributed by atoms with Crippen molar-refractivity contribution in [3.8, 4) is 5.75 Å². The average molecular weight is 201 g/mol. The molecule has 78 valence electrons. The number of hydrogen-bond acceptors (Lipinski definition) is 2. The van der Waals surface area contributed by atoms with E-state index in [1.54, 1.807) is 31.2 Å². The Bertz CT molecular complexity index is 289. The van der Waals surface area contributed by atoms with Gasteiger partial charge in [-0.15, -0.1) is 0 Å². The van der Waals surface area contributed by atoms with Crippen LogP contribution < -0.4 is 10.5 Å². The largest absolute Gasteiger partial charge is 0.487 e. The summed E-state index contributed by atoms with van der Waals surface area (Å²) < 4.78 is 28.7. The number of ether oxygens (including phenoxy) is 1. The molecule has 0 aliphatic heterocycles. The predicted molar refractivity (Wildman–Crippen MR) is 50.5 cm³/mol. The van der Waals surface area contributed by atoms with Crippen molar-refractivity contribution in [3.63, 3.8) is 0 Å². The predicted octanol–water partition coefficient (Wildman–Crippen LogP) is 2.35. The number of alkyl halides is 2. The second-order valence-corrected chi connectivity index (χ2v) is 3.03. The molecule has 4 heteroatoms. The first kappa shape index (κ1) is 10.9.